The third kappa shape index (κ3) is 7.53. The molecule has 2 amide bonds. The van der Waals surface area contributed by atoms with Gasteiger partial charge in [0.1, 0.15) is 0 Å². The van der Waals surface area contributed by atoms with Gasteiger partial charge < -0.3 is 16.4 Å². The number of ketones is 1. The third-order valence-electron chi connectivity index (χ3n) is 9.01. The molecule has 0 heterocycles. The Balaban J connectivity index is 2.16. The van der Waals surface area contributed by atoms with Crippen LogP contribution in [0.4, 0.5) is 0 Å². The Labute approximate surface area is 201 Å². The number of carbonyl (C=O) groups is 3. The number of hydrogen-bond acceptors (Lipinski definition) is 4. The number of primary amides is 1. The van der Waals surface area contributed by atoms with Crippen molar-refractivity contribution in [1.82, 2.24) is 10.6 Å². The Bertz CT molecular complexity index is 675. The quantitative estimate of drug-likeness (QED) is 0.250. The number of nitrogens with two attached hydrogens (primary N) is 1. The van der Waals surface area contributed by atoms with E-state index < -0.39 is 17.7 Å². The summed E-state index contributed by atoms with van der Waals surface area (Å²) < 4.78 is 0. The van der Waals surface area contributed by atoms with Gasteiger partial charge in [0.2, 0.25) is 12.2 Å². The lowest BCUT2D eigenvalue weighted by atomic mass is 9.50. The third-order valence-corrected chi connectivity index (χ3v) is 9.01. The summed E-state index contributed by atoms with van der Waals surface area (Å²) in [6.45, 7) is 15.2. The normalized spacial score (nSPS) is 21.3. The molecule has 0 aromatic carbocycles. The average molecular weight is 464 g/mol. The van der Waals surface area contributed by atoms with Gasteiger partial charge in [-0.1, -0.05) is 67.2 Å². The van der Waals surface area contributed by atoms with Gasteiger partial charge in [-0.3, -0.25) is 14.4 Å². The van der Waals surface area contributed by atoms with Crippen molar-refractivity contribution in [1.29, 1.82) is 0 Å². The molecule has 33 heavy (non-hydrogen) atoms. The molecule has 0 bridgehead atoms. The van der Waals surface area contributed by atoms with E-state index in [-0.39, 0.29) is 16.2 Å². The van der Waals surface area contributed by atoms with Gasteiger partial charge >= 0.3 is 0 Å². The summed E-state index contributed by atoms with van der Waals surface area (Å²) in [4.78, 5) is 35.4. The molecule has 2 saturated carbocycles. The van der Waals surface area contributed by atoms with E-state index in [1.54, 1.807) is 0 Å². The molecule has 0 radical (unpaired) electrons. The Morgan fingerprint density at radius 2 is 1.73 bits per heavy atom. The molecule has 0 aromatic heterocycles. The van der Waals surface area contributed by atoms with Gasteiger partial charge in [-0.15, -0.1) is 0 Å². The molecule has 3 atom stereocenters. The minimum atomic E-state index is -0.841. The van der Waals surface area contributed by atoms with Gasteiger partial charge in [-0.05, 0) is 72.6 Å². The molecule has 0 aliphatic heterocycles. The molecule has 190 valence electrons. The Kier molecular flexibility index (Phi) is 9.55. The van der Waals surface area contributed by atoms with Gasteiger partial charge in [-0.25, -0.2) is 0 Å². The molecule has 0 saturated heterocycles. The molecule has 2 rings (SSSR count). The van der Waals surface area contributed by atoms with E-state index in [0.29, 0.717) is 37.3 Å². The van der Waals surface area contributed by atoms with Crippen LogP contribution in [0.2, 0.25) is 0 Å². The highest BCUT2D eigenvalue weighted by Gasteiger charge is 2.49. The monoisotopic (exact) mass is 463 g/mol. The van der Waals surface area contributed by atoms with Crippen molar-refractivity contribution in [3.63, 3.8) is 0 Å². The summed E-state index contributed by atoms with van der Waals surface area (Å²) in [6, 6.07) is -0.487. The van der Waals surface area contributed by atoms with Crippen molar-refractivity contribution in [2.45, 2.75) is 105 Å². The largest absolute Gasteiger partial charge is 0.363 e. The van der Waals surface area contributed by atoms with Crippen LogP contribution < -0.4 is 16.4 Å². The van der Waals surface area contributed by atoms with E-state index >= 15 is 0 Å². The number of Topliss-reactive ketones (excluding diaryl/α,β-unsaturated/α-hetero) is 1. The standard InChI is InChI=1S/C27H49N3O3/c1-25(2,3)15-20(16-30-22(23(32)24(28)33)14-19-9-7-10-19)13-21(17-29-18-31)26(4,5)27(6)11-8-12-27/h18-22,30H,7-17H2,1-6H3,(H2,28,33)(H,29,31). The summed E-state index contributed by atoms with van der Waals surface area (Å²) in [5.41, 5.74) is 5.89. The highest BCUT2D eigenvalue weighted by molar-refractivity contribution is 6.37. The lowest BCUT2D eigenvalue weighted by Gasteiger charge is -2.55. The van der Waals surface area contributed by atoms with Crippen molar-refractivity contribution in [3.8, 4) is 0 Å². The predicted molar refractivity (Wildman–Crippen MR) is 133 cm³/mol. The van der Waals surface area contributed by atoms with Gasteiger partial charge in [0.05, 0.1) is 6.04 Å². The molecule has 0 aromatic rings. The van der Waals surface area contributed by atoms with Crippen molar-refractivity contribution >= 4 is 18.1 Å². The number of carbonyl (C=O) groups excluding carboxylic acids is 3. The Morgan fingerprint density at radius 1 is 1.09 bits per heavy atom. The molecular weight excluding hydrogens is 414 g/mol. The van der Waals surface area contributed by atoms with Crippen LogP contribution in [0, 0.1) is 34.0 Å². The predicted octanol–water partition coefficient (Wildman–Crippen LogP) is 4.21. The second kappa shape index (κ2) is 11.3. The van der Waals surface area contributed by atoms with E-state index in [1.165, 1.54) is 25.7 Å². The number of hydrogen-bond donors (Lipinski definition) is 3. The fourth-order valence-electron chi connectivity index (χ4n) is 6.00. The first-order chi connectivity index (χ1) is 15.3. The molecule has 6 heteroatoms. The van der Waals surface area contributed by atoms with E-state index in [4.69, 9.17) is 5.73 Å². The highest BCUT2D eigenvalue weighted by atomic mass is 16.2. The summed E-state index contributed by atoms with van der Waals surface area (Å²) in [6.07, 6.45) is 10.7. The molecule has 3 unspecified atom stereocenters. The maximum absolute atomic E-state index is 12.5. The van der Waals surface area contributed by atoms with E-state index in [9.17, 15) is 14.4 Å². The zero-order chi connectivity index (χ0) is 24.9. The SMILES string of the molecule is CC(C)(C)CC(CNC(CC1CCC1)C(=O)C(N)=O)CC(CNC=O)C(C)(C)C1(C)CCC1. The van der Waals surface area contributed by atoms with Crippen LogP contribution in [0.5, 0.6) is 0 Å². The first kappa shape index (κ1) is 27.8. The lowest BCUT2D eigenvalue weighted by Crippen LogP contribution is -2.50. The minimum absolute atomic E-state index is 0.0891. The second-order valence-electron chi connectivity index (χ2n) is 12.9. The molecule has 2 aliphatic carbocycles. The minimum Gasteiger partial charge on any atom is -0.363 e. The molecule has 6 nitrogen and oxygen atoms in total. The van der Waals surface area contributed by atoms with Crippen LogP contribution in [0.3, 0.4) is 0 Å². The van der Waals surface area contributed by atoms with Gasteiger partial charge in [-0.2, -0.15) is 0 Å². The summed E-state index contributed by atoms with van der Waals surface area (Å²) in [5.74, 6) is -0.159. The maximum Gasteiger partial charge on any atom is 0.286 e. The fourth-order valence-corrected chi connectivity index (χ4v) is 6.00. The van der Waals surface area contributed by atoms with Gasteiger partial charge in [0, 0.05) is 6.54 Å². The van der Waals surface area contributed by atoms with Crippen molar-refractivity contribution in [3.05, 3.63) is 0 Å². The zero-order valence-electron chi connectivity index (χ0n) is 22.0. The van der Waals surface area contributed by atoms with E-state index in [0.717, 1.165) is 32.1 Å². The number of amides is 2. The van der Waals surface area contributed by atoms with Crippen LogP contribution in [0.1, 0.15) is 99.3 Å². The van der Waals surface area contributed by atoms with Gasteiger partial charge in [0.25, 0.3) is 5.91 Å². The lowest BCUT2D eigenvalue weighted by molar-refractivity contribution is -0.137. The van der Waals surface area contributed by atoms with E-state index in [2.05, 4.69) is 52.2 Å². The van der Waals surface area contributed by atoms with Crippen molar-refractivity contribution in [2.75, 3.05) is 13.1 Å². The van der Waals surface area contributed by atoms with Crippen molar-refractivity contribution in [2.24, 2.45) is 39.7 Å². The molecule has 2 fully saturated rings. The van der Waals surface area contributed by atoms with Crippen LogP contribution in [-0.4, -0.2) is 37.2 Å². The summed E-state index contributed by atoms with van der Waals surface area (Å²) in [7, 11) is 0. The van der Waals surface area contributed by atoms with Gasteiger partial charge in [0.15, 0.2) is 0 Å². The first-order valence-electron chi connectivity index (χ1n) is 13.0. The van der Waals surface area contributed by atoms with Crippen LogP contribution in [0.25, 0.3) is 0 Å². The second-order valence-corrected chi connectivity index (χ2v) is 12.9. The maximum atomic E-state index is 12.5. The molecule has 2 aliphatic rings. The molecule has 0 spiro atoms. The average Bonchev–Trinajstić information content (AvgIpc) is 2.65. The highest BCUT2D eigenvalue weighted by Crippen LogP contribution is 2.57. The van der Waals surface area contributed by atoms with E-state index in [1.807, 2.05) is 0 Å². The summed E-state index contributed by atoms with van der Waals surface area (Å²) >= 11 is 0. The summed E-state index contributed by atoms with van der Waals surface area (Å²) in [5, 5.41) is 6.43. The van der Waals surface area contributed by atoms with Crippen LogP contribution in [0.15, 0.2) is 0 Å². The zero-order valence-corrected chi connectivity index (χ0v) is 22.0. The Hall–Kier alpha value is -1.43. The van der Waals surface area contributed by atoms with Crippen LogP contribution in [-0.2, 0) is 14.4 Å². The smallest absolute Gasteiger partial charge is 0.286 e. The number of rotatable bonds is 15. The first-order valence-corrected chi connectivity index (χ1v) is 13.0. The molecule has 4 N–H and O–H groups in total. The molecular formula is C27H49N3O3. The Morgan fingerprint density at radius 3 is 2.15 bits per heavy atom. The number of nitrogens with one attached hydrogen (secondary N) is 2. The topological polar surface area (TPSA) is 101 Å². The van der Waals surface area contributed by atoms with Crippen molar-refractivity contribution < 1.29 is 14.4 Å². The fraction of sp³-hybridized carbons (Fsp3) is 0.889. The van der Waals surface area contributed by atoms with Crippen LogP contribution >= 0.6 is 0 Å².